The number of benzene rings is 1. The molecular formula is C18H19NO5. The summed E-state index contributed by atoms with van der Waals surface area (Å²) in [6.07, 6.45) is 0.623. The summed E-state index contributed by atoms with van der Waals surface area (Å²) in [5, 5.41) is 9.08. The number of carbonyl (C=O) groups is 2. The largest absolute Gasteiger partial charge is 0.493 e. The highest BCUT2D eigenvalue weighted by molar-refractivity contribution is 5.89. The van der Waals surface area contributed by atoms with Gasteiger partial charge in [-0.2, -0.15) is 0 Å². The van der Waals surface area contributed by atoms with Crippen LogP contribution in [-0.2, 0) is 11.3 Å². The van der Waals surface area contributed by atoms with Crippen molar-refractivity contribution in [2.24, 2.45) is 0 Å². The van der Waals surface area contributed by atoms with Crippen LogP contribution >= 0.6 is 0 Å². The van der Waals surface area contributed by atoms with Gasteiger partial charge in [0, 0.05) is 12.6 Å². The first kappa shape index (κ1) is 16.1. The Hall–Kier alpha value is -2.76. The third-order valence-corrected chi connectivity index (χ3v) is 4.23. The fourth-order valence-electron chi connectivity index (χ4n) is 3.01. The summed E-state index contributed by atoms with van der Waals surface area (Å²) in [5.41, 5.74) is 1.02. The predicted octanol–water partition coefficient (Wildman–Crippen LogP) is 2.81. The van der Waals surface area contributed by atoms with Crippen molar-refractivity contribution in [3.05, 3.63) is 53.0 Å². The van der Waals surface area contributed by atoms with E-state index in [0.29, 0.717) is 24.5 Å². The number of carboxylic acids is 1. The number of fused-ring (bicyclic) bond motifs is 1. The smallest absolute Gasteiger partial charge is 0.339 e. The molecule has 1 atom stereocenters. The molecule has 0 saturated heterocycles. The SMILES string of the molecule is Cc1oc(CN(C)C(=O)[C@@H]2CCOc3ccccc32)cc1C(=O)O. The minimum absolute atomic E-state index is 0.0309. The molecule has 1 amide bonds. The van der Waals surface area contributed by atoms with Gasteiger partial charge in [-0.25, -0.2) is 4.79 Å². The number of hydrogen-bond donors (Lipinski definition) is 1. The molecule has 2 aromatic rings. The van der Waals surface area contributed by atoms with Crippen molar-refractivity contribution in [2.45, 2.75) is 25.8 Å². The van der Waals surface area contributed by atoms with Gasteiger partial charge in [0.1, 0.15) is 22.8 Å². The van der Waals surface area contributed by atoms with Crippen LogP contribution in [0.2, 0.25) is 0 Å². The topological polar surface area (TPSA) is 80.0 Å². The molecular weight excluding hydrogens is 310 g/mol. The first-order chi connectivity index (χ1) is 11.5. The first-order valence-corrected chi connectivity index (χ1v) is 7.76. The number of hydrogen-bond acceptors (Lipinski definition) is 4. The Kier molecular flexibility index (Phi) is 4.29. The van der Waals surface area contributed by atoms with E-state index in [4.69, 9.17) is 14.3 Å². The summed E-state index contributed by atoms with van der Waals surface area (Å²) in [4.78, 5) is 25.5. The average molecular weight is 329 g/mol. The number of rotatable bonds is 4. The highest BCUT2D eigenvalue weighted by Gasteiger charge is 2.30. The van der Waals surface area contributed by atoms with E-state index in [9.17, 15) is 9.59 Å². The molecule has 6 heteroatoms. The summed E-state index contributed by atoms with van der Waals surface area (Å²) in [6.45, 7) is 2.33. The molecule has 0 aliphatic carbocycles. The van der Waals surface area contributed by atoms with Gasteiger partial charge in [-0.1, -0.05) is 18.2 Å². The van der Waals surface area contributed by atoms with Crippen LogP contribution < -0.4 is 4.74 Å². The second-order valence-electron chi connectivity index (χ2n) is 5.91. The highest BCUT2D eigenvalue weighted by Crippen LogP contribution is 2.34. The van der Waals surface area contributed by atoms with Crippen molar-refractivity contribution in [2.75, 3.05) is 13.7 Å². The number of ether oxygens (including phenoxy) is 1. The van der Waals surface area contributed by atoms with Gasteiger partial charge in [0.2, 0.25) is 5.91 Å². The summed E-state index contributed by atoms with van der Waals surface area (Å²) >= 11 is 0. The number of aryl methyl sites for hydroxylation is 1. The van der Waals surface area contributed by atoms with E-state index in [-0.39, 0.29) is 23.9 Å². The molecule has 0 bridgehead atoms. The maximum absolute atomic E-state index is 12.8. The monoisotopic (exact) mass is 329 g/mol. The number of nitrogens with zero attached hydrogens (tertiary/aromatic N) is 1. The maximum Gasteiger partial charge on any atom is 0.339 e. The van der Waals surface area contributed by atoms with Crippen molar-refractivity contribution in [3.63, 3.8) is 0 Å². The minimum atomic E-state index is -1.03. The third-order valence-electron chi connectivity index (χ3n) is 4.23. The van der Waals surface area contributed by atoms with Crippen molar-refractivity contribution in [1.82, 2.24) is 4.90 Å². The fourth-order valence-corrected chi connectivity index (χ4v) is 3.01. The van der Waals surface area contributed by atoms with Crippen molar-refractivity contribution < 1.29 is 23.8 Å². The molecule has 24 heavy (non-hydrogen) atoms. The van der Waals surface area contributed by atoms with Gasteiger partial charge in [-0.05, 0) is 25.5 Å². The number of aromatic carboxylic acids is 1. The van der Waals surface area contributed by atoms with Crippen LogP contribution in [0.3, 0.4) is 0 Å². The van der Waals surface area contributed by atoms with Gasteiger partial charge in [0.15, 0.2) is 0 Å². The lowest BCUT2D eigenvalue weighted by molar-refractivity contribution is -0.133. The Morgan fingerprint density at radius 1 is 1.33 bits per heavy atom. The van der Waals surface area contributed by atoms with E-state index in [1.54, 1.807) is 18.9 Å². The lowest BCUT2D eigenvalue weighted by Gasteiger charge is -2.28. The second kappa shape index (κ2) is 6.39. The zero-order valence-corrected chi connectivity index (χ0v) is 13.6. The summed E-state index contributed by atoms with van der Waals surface area (Å²) < 4.78 is 11.0. The first-order valence-electron chi connectivity index (χ1n) is 7.76. The number of carbonyl (C=O) groups excluding carboxylic acids is 1. The van der Waals surface area contributed by atoms with E-state index >= 15 is 0 Å². The zero-order chi connectivity index (χ0) is 17.3. The van der Waals surface area contributed by atoms with Gasteiger partial charge in [-0.15, -0.1) is 0 Å². The third kappa shape index (κ3) is 2.99. The van der Waals surface area contributed by atoms with Crippen molar-refractivity contribution >= 4 is 11.9 Å². The fraction of sp³-hybridized carbons (Fsp3) is 0.333. The van der Waals surface area contributed by atoms with Crippen LogP contribution in [0.1, 0.15) is 39.8 Å². The standard InChI is InChI=1S/C18H19NO5/c1-11-15(18(21)22)9-12(24-11)10-19(2)17(20)14-7-8-23-16-6-4-3-5-13(14)16/h3-6,9,14H,7-8,10H2,1-2H3,(H,21,22)/t14-/m1/s1. The molecule has 3 rings (SSSR count). The molecule has 6 nitrogen and oxygen atoms in total. The lowest BCUT2D eigenvalue weighted by Crippen LogP contribution is -2.33. The molecule has 0 spiro atoms. The van der Waals surface area contributed by atoms with E-state index in [0.717, 1.165) is 11.3 Å². The minimum Gasteiger partial charge on any atom is -0.493 e. The van der Waals surface area contributed by atoms with Crippen LogP contribution in [0.25, 0.3) is 0 Å². The Balaban J connectivity index is 1.76. The van der Waals surface area contributed by atoms with Crippen molar-refractivity contribution in [1.29, 1.82) is 0 Å². The lowest BCUT2D eigenvalue weighted by atomic mass is 9.92. The Morgan fingerprint density at radius 3 is 2.79 bits per heavy atom. The van der Waals surface area contributed by atoms with Gasteiger partial charge >= 0.3 is 5.97 Å². The van der Waals surface area contributed by atoms with Crippen LogP contribution in [0.5, 0.6) is 5.75 Å². The summed E-state index contributed by atoms with van der Waals surface area (Å²) in [6, 6.07) is 9.02. The Labute approximate surface area is 139 Å². The molecule has 0 saturated carbocycles. The van der Waals surface area contributed by atoms with E-state index in [2.05, 4.69) is 0 Å². The summed E-state index contributed by atoms with van der Waals surface area (Å²) in [5.74, 6) is 0.231. The van der Waals surface area contributed by atoms with Gasteiger partial charge in [0.25, 0.3) is 0 Å². The molecule has 2 heterocycles. The molecule has 1 aliphatic heterocycles. The molecule has 0 radical (unpaired) electrons. The maximum atomic E-state index is 12.8. The number of likely N-dealkylation sites (N-methyl/N-ethyl adjacent to an activating group) is 1. The van der Waals surface area contributed by atoms with Gasteiger partial charge in [-0.3, -0.25) is 4.79 Å². The molecule has 126 valence electrons. The molecule has 1 aliphatic rings. The molecule has 1 aromatic carbocycles. The number of furan rings is 1. The van der Waals surface area contributed by atoms with E-state index in [1.165, 1.54) is 6.07 Å². The molecule has 1 N–H and O–H groups in total. The second-order valence-corrected chi connectivity index (χ2v) is 5.91. The van der Waals surface area contributed by atoms with E-state index in [1.807, 2.05) is 24.3 Å². The number of amides is 1. The quantitative estimate of drug-likeness (QED) is 0.933. The zero-order valence-electron chi connectivity index (χ0n) is 13.6. The Bertz CT molecular complexity index is 779. The van der Waals surface area contributed by atoms with Gasteiger partial charge in [0.05, 0.1) is 19.1 Å². The number of para-hydroxylation sites is 1. The highest BCUT2D eigenvalue weighted by atomic mass is 16.5. The predicted molar refractivity (Wildman–Crippen MR) is 86.2 cm³/mol. The summed E-state index contributed by atoms with van der Waals surface area (Å²) in [7, 11) is 1.69. The van der Waals surface area contributed by atoms with Crippen LogP contribution in [0, 0.1) is 6.92 Å². The molecule has 0 unspecified atom stereocenters. The van der Waals surface area contributed by atoms with E-state index < -0.39 is 5.97 Å². The van der Waals surface area contributed by atoms with Gasteiger partial charge < -0.3 is 19.2 Å². The Morgan fingerprint density at radius 2 is 2.08 bits per heavy atom. The van der Waals surface area contributed by atoms with Crippen LogP contribution in [-0.4, -0.2) is 35.5 Å². The van der Waals surface area contributed by atoms with Crippen molar-refractivity contribution in [3.8, 4) is 5.75 Å². The molecule has 1 aromatic heterocycles. The van der Waals surface area contributed by atoms with Crippen LogP contribution in [0.4, 0.5) is 0 Å². The molecule has 0 fully saturated rings. The number of carboxylic acid groups (broad SMARTS) is 1. The normalized spacial score (nSPS) is 16.2. The average Bonchev–Trinajstić information content (AvgIpc) is 2.94. The van der Waals surface area contributed by atoms with Crippen LogP contribution in [0.15, 0.2) is 34.7 Å².